The summed E-state index contributed by atoms with van der Waals surface area (Å²) in [4.78, 5) is 13.9. The van der Waals surface area contributed by atoms with Gasteiger partial charge in [-0.1, -0.05) is 23.2 Å². The summed E-state index contributed by atoms with van der Waals surface area (Å²) in [7, 11) is 0. The number of nitrogens with zero attached hydrogens (tertiary/aromatic N) is 1. The third-order valence-electron chi connectivity index (χ3n) is 3.44. The molecule has 1 heterocycles. The number of ether oxygens (including phenoxy) is 1. The van der Waals surface area contributed by atoms with Crippen LogP contribution in [0.15, 0.2) is 18.2 Å². The first-order valence-corrected chi connectivity index (χ1v) is 7.45. The molecule has 0 aromatic heterocycles. The van der Waals surface area contributed by atoms with Crippen LogP contribution < -0.4 is 10.5 Å². The highest BCUT2D eigenvalue weighted by atomic mass is 35.5. The predicted octanol–water partition coefficient (Wildman–Crippen LogP) is 2.71. The van der Waals surface area contributed by atoms with Gasteiger partial charge in [-0.2, -0.15) is 0 Å². The topological polar surface area (TPSA) is 55.6 Å². The van der Waals surface area contributed by atoms with Gasteiger partial charge in [-0.3, -0.25) is 4.79 Å². The van der Waals surface area contributed by atoms with Crippen LogP contribution in [0, 0.1) is 0 Å². The fourth-order valence-electron chi connectivity index (χ4n) is 2.39. The monoisotopic (exact) mass is 316 g/mol. The summed E-state index contributed by atoms with van der Waals surface area (Å²) in [5.74, 6) is 0.628. The van der Waals surface area contributed by atoms with Crippen LogP contribution in [0.4, 0.5) is 0 Å². The summed E-state index contributed by atoms with van der Waals surface area (Å²) < 4.78 is 5.52. The zero-order chi connectivity index (χ0) is 14.5. The smallest absolute Gasteiger partial charge is 0.226 e. The van der Waals surface area contributed by atoms with Gasteiger partial charge in [0.2, 0.25) is 5.91 Å². The molecule has 0 spiro atoms. The summed E-state index contributed by atoms with van der Waals surface area (Å²) >= 11 is 11.8. The summed E-state index contributed by atoms with van der Waals surface area (Å²) in [5, 5.41) is 1.01. The number of carbonyl (C=O) groups excluding carboxylic acids is 1. The Balaban J connectivity index is 1.82. The van der Waals surface area contributed by atoms with Crippen molar-refractivity contribution in [3.63, 3.8) is 0 Å². The lowest BCUT2D eigenvalue weighted by molar-refractivity contribution is -0.132. The van der Waals surface area contributed by atoms with Gasteiger partial charge < -0.3 is 15.4 Å². The molecule has 1 aromatic carbocycles. The molecule has 20 heavy (non-hydrogen) atoms. The van der Waals surface area contributed by atoms with E-state index in [1.807, 2.05) is 4.90 Å². The number of carbonyl (C=O) groups is 1. The molecule has 0 radical (unpaired) electrons. The molecule has 0 bridgehead atoms. The number of benzene rings is 1. The molecule has 1 aliphatic heterocycles. The normalized spacial score (nSPS) is 18.4. The van der Waals surface area contributed by atoms with Crippen LogP contribution >= 0.6 is 23.2 Å². The van der Waals surface area contributed by atoms with Crippen LogP contribution in [0.3, 0.4) is 0 Å². The van der Waals surface area contributed by atoms with Crippen LogP contribution in [-0.2, 0) is 4.79 Å². The van der Waals surface area contributed by atoms with E-state index in [2.05, 4.69) is 0 Å². The third kappa shape index (κ3) is 3.78. The van der Waals surface area contributed by atoms with Gasteiger partial charge in [0.25, 0.3) is 0 Å². The lowest BCUT2D eigenvalue weighted by Gasteiger charge is -2.23. The Morgan fingerprint density at radius 2 is 2.25 bits per heavy atom. The van der Waals surface area contributed by atoms with Crippen molar-refractivity contribution in [3.05, 3.63) is 28.2 Å². The molecule has 1 atom stereocenters. The van der Waals surface area contributed by atoms with E-state index in [0.717, 1.165) is 19.4 Å². The van der Waals surface area contributed by atoms with Gasteiger partial charge in [-0.05, 0) is 31.0 Å². The van der Waals surface area contributed by atoms with E-state index in [4.69, 9.17) is 33.7 Å². The largest absolute Gasteiger partial charge is 0.491 e. The van der Waals surface area contributed by atoms with Crippen molar-refractivity contribution in [1.82, 2.24) is 4.90 Å². The fourth-order valence-corrected chi connectivity index (χ4v) is 2.86. The standard InChI is InChI=1S/C14H18Cl2N2O2/c15-10-3-4-13(12(16)8-10)20-7-5-14(19)18-6-1-2-11(18)9-17/h3-4,8,11H,1-2,5-7,9,17H2. The first-order valence-electron chi connectivity index (χ1n) is 6.69. The van der Waals surface area contributed by atoms with E-state index in [-0.39, 0.29) is 11.9 Å². The maximum absolute atomic E-state index is 12.1. The molecule has 110 valence electrons. The molecule has 2 rings (SSSR count). The number of hydrogen-bond donors (Lipinski definition) is 1. The minimum Gasteiger partial charge on any atom is -0.491 e. The number of halogens is 2. The Hall–Kier alpha value is -0.970. The van der Waals surface area contributed by atoms with E-state index in [1.54, 1.807) is 18.2 Å². The van der Waals surface area contributed by atoms with E-state index in [0.29, 0.717) is 35.4 Å². The lowest BCUT2D eigenvalue weighted by atomic mass is 10.2. The maximum Gasteiger partial charge on any atom is 0.226 e. The van der Waals surface area contributed by atoms with Crippen LogP contribution in [-0.4, -0.2) is 36.5 Å². The summed E-state index contributed by atoms with van der Waals surface area (Å²) in [6.07, 6.45) is 2.35. The number of likely N-dealkylation sites (tertiary alicyclic amines) is 1. The molecule has 6 heteroatoms. The molecule has 1 aliphatic rings. The van der Waals surface area contributed by atoms with Gasteiger partial charge >= 0.3 is 0 Å². The fraction of sp³-hybridized carbons (Fsp3) is 0.500. The highest BCUT2D eigenvalue weighted by Gasteiger charge is 2.27. The van der Waals surface area contributed by atoms with Gasteiger partial charge in [0, 0.05) is 24.2 Å². The first-order chi connectivity index (χ1) is 9.61. The molecule has 1 amide bonds. The number of hydrogen-bond acceptors (Lipinski definition) is 3. The van der Waals surface area contributed by atoms with Crippen molar-refractivity contribution < 1.29 is 9.53 Å². The van der Waals surface area contributed by atoms with E-state index < -0.39 is 0 Å². The Morgan fingerprint density at radius 1 is 1.45 bits per heavy atom. The molecular weight excluding hydrogens is 299 g/mol. The Morgan fingerprint density at radius 3 is 2.95 bits per heavy atom. The van der Waals surface area contributed by atoms with Crippen molar-refractivity contribution in [1.29, 1.82) is 0 Å². The van der Waals surface area contributed by atoms with Crippen molar-refractivity contribution >= 4 is 29.1 Å². The lowest BCUT2D eigenvalue weighted by Crippen LogP contribution is -2.40. The summed E-state index contributed by atoms with van der Waals surface area (Å²) in [5.41, 5.74) is 5.66. The van der Waals surface area contributed by atoms with Crippen molar-refractivity contribution in [3.8, 4) is 5.75 Å². The molecule has 0 aliphatic carbocycles. The van der Waals surface area contributed by atoms with Gasteiger partial charge in [0.15, 0.2) is 0 Å². The molecule has 1 saturated heterocycles. The van der Waals surface area contributed by atoms with Crippen molar-refractivity contribution in [2.24, 2.45) is 5.73 Å². The molecule has 1 fully saturated rings. The van der Waals surface area contributed by atoms with Crippen LogP contribution in [0.25, 0.3) is 0 Å². The minimum atomic E-state index is 0.0861. The number of amides is 1. The predicted molar refractivity (Wildman–Crippen MR) is 80.4 cm³/mol. The van der Waals surface area contributed by atoms with Crippen molar-refractivity contribution in [2.45, 2.75) is 25.3 Å². The van der Waals surface area contributed by atoms with Crippen LogP contribution in [0.5, 0.6) is 5.75 Å². The number of nitrogens with two attached hydrogens (primary N) is 1. The SMILES string of the molecule is NCC1CCCN1C(=O)CCOc1ccc(Cl)cc1Cl. The second kappa shape index (κ2) is 7.16. The number of rotatable bonds is 5. The van der Waals surface area contributed by atoms with Crippen LogP contribution in [0.2, 0.25) is 10.0 Å². The third-order valence-corrected chi connectivity index (χ3v) is 3.97. The molecule has 2 N–H and O–H groups in total. The van der Waals surface area contributed by atoms with Gasteiger partial charge in [0.05, 0.1) is 18.1 Å². The highest BCUT2D eigenvalue weighted by Crippen LogP contribution is 2.27. The molecule has 4 nitrogen and oxygen atoms in total. The molecule has 0 saturated carbocycles. The molecule has 1 unspecified atom stereocenters. The first kappa shape index (κ1) is 15.4. The Kier molecular flexibility index (Phi) is 5.52. The average Bonchev–Trinajstić information content (AvgIpc) is 2.89. The molecular formula is C14H18Cl2N2O2. The van der Waals surface area contributed by atoms with E-state index >= 15 is 0 Å². The van der Waals surface area contributed by atoms with E-state index in [9.17, 15) is 4.79 Å². The summed E-state index contributed by atoms with van der Waals surface area (Å²) in [6, 6.07) is 5.20. The summed E-state index contributed by atoms with van der Waals surface area (Å²) in [6.45, 7) is 1.62. The van der Waals surface area contributed by atoms with Gasteiger partial charge in [0.1, 0.15) is 5.75 Å². The minimum absolute atomic E-state index is 0.0861. The zero-order valence-corrected chi connectivity index (χ0v) is 12.7. The van der Waals surface area contributed by atoms with Gasteiger partial charge in [-0.15, -0.1) is 0 Å². The molecule has 1 aromatic rings. The zero-order valence-electron chi connectivity index (χ0n) is 11.1. The van der Waals surface area contributed by atoms with Crippen LogP contribution in [0.1, 0.15) is 19.3 Å². The van der Waals surface area contributed by atoms with E-state index in [1.165, 1.54) is 0 Å². The highest BCUT2D eigenvalue weighted by molar-refractivity contribution is 6.35. The second-order valence-corrected chi connectivity index (χ2v) is 5.64. The quantitative estimate of drug-likeness (QED) is 0.908. The Labute approximate surface area is 128 Å². The average molecular weight is 317 g/mol. The van der Waals surface area contributed by atoms with Crippen molar-refractivity contribution in [2.75, 3.05) is 19.7 Å². The Bertz CT molecular complexity index is 482. The maximum atomic E-state index is 12.1. The van der Waals surface area contributed by atoms with Gasteiger partial charge in [-0.25, -0.2) is 0 Å². The second-order valence-electron chi connectivity index (χ2n) is 4.79.